The van der Waals surface area contributed by atoms with E-state index in [-0.39, 0.29) is 11.5 Å². The van der Waals surface area contributed by atoms with E-state index < -0.39 is 6.61 Å². The molecule has 72 valence electrons. The van der Waals surface area contributed by atoms with E-state index in [9.17, 15) is 13.9 Å². The third-order valence-electron chi connectivity index (χ3n) is 1.43. The lowest BCUT2D eigenvalue weighted by Crippen LogP contribution is -2.02. The third-order valence-corrected chi connectivity index (χ3v) is 2.84. The van der Waals surface area contributed by atoms with Crippen molar-refractivity contribution in [2.75, 3.05) is 0 Å². The molecule has 2 nitrogen and oxygen atoms in total. The lowest BCUT2D eigenvalue weighted by Gasteiger charge is -2.07. The molecule has 0 saturated heterocycles. The van der Waals surface area contributed by atoms with E-state index in [0.29, 0.717) is 9.13 Å². The zero-order valence-corrected chi connectivity index (χ0v) is 8.88. The second-order valence-corrected chi connectivity index (χ2v) is 3.53. The molecule has 1 rings (SSSR count). The number of halogens is 3. The van der Waals surface area contributed by atoms with Gasteiger partial charge >= 0.3 is 6.61 Å². The smallest absolute Gasteiger partial charge is 0.387 e. The topological polar surface area (TPSA) is 29.5 Å². The summed E-state index contributed by atoms with van der Waals surface area (Å²) in [6, 6.07) is 2.62. The summed E-state index contributed by atoms with van der Waals surface area (Å²) in [5.74, 6) is -0.0679. The molecule has 0 aliphatic rings. The number of hydrogen-bond acceptors (Lipinski definition) is 2. The molecule has 0 fully saturated rings. The van der Waals surface area contributed by atoms with E-state index in [1.165, 1.54) is 12.1 Å². The summed E-state index contributed by atoms with van der Waals surface area (Å²) in [6.07, 6.45) is 0. The van der Waals surface area contributed by atoms with Crippen LogP contribution in [0.2, 0.25) is 0 Å². The summed E-state index contributed by atoms with van der Waals surface area (Å²) in [7, 11) is 0. The zero-order valence-electron chi connectivity index (χ0n) is 6.72. The van der Waals surface area contributed by atoms with E-state index in [2.05, 4.69) is 4.74 Å². The minimum atomic E-state index is -2.86. The fraction of sp³-hybridized carbons (Fsp3) is 0.250. The summed E-state index contributed by atoms with van der Waals surface area (Å²) >= 11 is 1.93. The van der Waals surface area contributed by atoms with Crippen molar-refractivity contribution in [3.8, 4) is 11.5 Å². The lowest BCUT2D eigenvalue weighted by molar-refractivity contribution is -0.0499. The Morgan fingerprint density at radius 3 is 2.54 bits per heavy atom. The number of phenols is 1. The van der Waals surface area contributed by atoms with Crippen LogP contribution in [0, 0.1) is 10.5 Å². The summed E-state index contributed by atoms with van der Waals surface area (Å²) in [5, 5.41) is 9.26. The molecule has 0 amide bonds. The average molecular weight is 300 g/mol. The number of rotatable bonds is 2. The maximum atomic E-state index is 11.8. The number of ether oxygens (including phenoxy) is 1. The molecule has 0 aromatic heterocycles. The van der Waals surface area contributed by atoms with Gasteiger partial charge in [0, 0.05) is 6.07 Å². The zero-order chi connectivity index (χ0) is 10.0. The highest BCUT2D eigenvalue weighted by molar-refractivity contribution is 14.1. The largest absolute Gasteiger partial charge is 0.507 e. The highest BCUT2D eigenvalue weighted by Gasteiger charge is 2.08. The van der Waals surface area contributed by atoms with Crippen LogP contribution >= 0.6 is 22.6 Å². The van der Waals surface area contributed by atoms with Crippen LogP contribution in [0.1, 0.15) is 5.56 Å². The molecule has 1 N–H and O–H groups in total. The van der Waals surface area contributed by atoms with Gasteiger partial charge in [-0.1, -0.05) is 0 Å². The third kappa shape index (κ3) is 2.68. The molecule has 5 heteroatoms. The summed E-state index contributed by atoms with van der Waals surface area (Å²) in [4.78, 5) is 0. The molecule has 0 saturated carbocycles. The van der Waals surface area contributed by atoms with Gasteiger partial charge < -0.3 is 9.84 Å². The van der Waals surface area contributed by atoms with Crippen molar-refractivity contribution in [2.45, 2.75) is 13.5 Å². The normalized spacial score (nSPS) is 10.5. The van der Waals surface area contributed by atoms with Gasteiger partial charge in [-0.3, -0.25) is 0 Å². The van der Waals surface area contributed by atoms with Gasteiger partial charge in [-0.2, -0.15) is 8.78 Å². The minimum Gasteiger partial charge on any atom is -0.507 e. The molecule has 0 atom stereocenters. The SMILES string of the molecule is Cc1cc(OC(F)F)cc(O)c1I. The number of aryl methyl sites for hydroxylation is 1. The number of benzene rings is 1. The Morgan fingerprint density at radius 1 is 1.46 bits per heavy atom. The van der Waals surface area contributed by atoms with Crippen LogP contribution < -0.4 is 4.74 Å². The number of hydrogen-bond donors (Lipinski definition) is 1. The molecule has 13 heavy (non-hydrogen) atoms. The first-order valence-corrected chi connectivity index (χ1v) is 4.52. The van der Waals surface area contributed by atoms with Crippen LogP contribution in [-0.2, 0) is 0 Å². The molecule has 0 bridgehead atoms. The highest BCUT2D eigenvalue weighted by atomic mass is 127. The predicted octanol–water partition coefficient (Wildman–Crippen LogP) is 2.91. The Morgan fingerprint density at radius 2 is 2.08 bits per heavy atom. The molecule has 1 aromatic rings. The molecular formula is C8H7F2IO2. The fourth-order valence-corrected chi connectivity index (χ4v) is 1.20. The maximum absolute atomic E-state index is 11.8. The van der Waals surface area contributed by atoms with Gasteiger partial charge in [0.25, 0.3) is 0 Å². The molecule has 0 spiro atoms. The van der Waals surface area contributed by atoms with Crippen LogP contribution in [0.4, 0.5) is 8.78 Å². The Labute approximate surface area is 87.7 Å². The van der Waals surface area contributed by atoms with Crippen molar-refractivity contribution >= 4 is 22.6 Å². The van der Waals surface area contributed by atoms with Crippen LogP contribution in [0.5, 0.6) is 11.5 Å². The van der Waals surface area contributed by atoms with E-state index in [1.807, 2.05) is 22.6 Å². The van der Waals surface area contributed by atoms with Gasteiger partial charge in [0.2, 0.25) is 0 Å². The van der Waals surface area contributed by atoms with Crippen LogP contribution in [0.15, 0.2) is 12.1 Å². The van der Waals surface area contributed by atoms with Crippen molar-refractivity contribution in [1.29, 1.82) is 0 Å². The van der Waals surface area contributed by atoms with E-state index >= 15 is 0 Å². The highest BCUT2D eigenvalue weighted by Crippen LogP contribution is 2.29. The molecule has 1 aromatic carbocycles. The second-order valence-electron chi connectivity index (χ2n) is 2.45. The first-order valence-electron chi connectivity index (χ1n) is 3.44. The maximum Gasteiger partial charge on any atom is 0.387 e. The second kappa shape index (κ2) is 4.08. The van der Waals surface area contributed by atoms with Gasteiger partial charge in [-0.05, 0) is 41.1 Å². The molecule has 0 heterocycles. The molecule has 0 unspecified atom stereocenters. The fourth-order valence-electron chi connectivity index (χ4n) is 0.889. The van der Waals surface area contributed by atoms with E-state index in [0.717, 1.165) is 0 Å². The number of phenolic OH excluding ortho intramolecular Hbond substituents is 1. The van der Waals surface area contributed by atoms with Crippen molar-refractivity contribution in [3.05, 3.63) is 21.3 Å². The van der Waals surface area contributed by atoms with Crippen molar-refractivity contribution in [3.63, 3.8) is 0 Å². The molecule has 0 radical (unpaired) electrons. The van der Waals surface area contributed by atoms with Crippen molar-refractivity contribution < 1.29 is 18.6 Å². The van der Waals surface area contributed by atoms with Gasteiger partial charge in [0.1, 0.15) is 11.5 Å². The quantitative estimate of drug-likeness (QED) is 0.851. The van der Waals surface area contributed by atoms with Gasteiger partial charge in [-0.25, -0.2) is 0 Å². The Bertz CT molecular complexity index is 292. The summed E-state index contributed by atoms with van der Waals surface area (Å²) < 4.78 is 28.3. The van der Waals surface area contributed by atoms with Crippen molar-refractivity contribution in [1.82, 2.24) is 0 Å². The Hall–Kier alpha value is -0.590. The average Bonchev–Trinajstić information content (AvgIpc) is 1.98. The predicted molar refractivity (Wildman–Crippen MR) is 52.2 cm³/mol. The number of alkyl halides is 2. The molecular weight excluding hydrogens is 293 g/mol. The molecule has 0 aliphatic heterocycles. The van der Waals surface area contributed by atoms with Gasteiger partial charge in [-0.15, -0.1) is 0 Å². The van der Waals surface area contributed by atoms with Crippen LogP contribution in [0.3, 0.4) is 0 Å². The lowest BCUT2D eigenvalue weighted by atomic mass is 10.2. The summed E-state index contributed by atoms with van der Waals surface area (Å²) in [6.45, 7) is -1.15. The summed E-state index contributed by atoms with van der Waals surface area (Å²) in [5.41, 5.74) is 0.705. The van der Waals surface area contributed by atoms with Crippen LogP contribution in [-0.4, -0.2) is 11.7 Å². The Kier molecular flexibility index (Phi) is 3.29. The van der Waals surface area contributed by atoms with Crippen molar-refractivity contribution in [2.24, 2.45) is 0 Å². The van der Waals surface area contributed by atoms with Gasteiger partial charge in [0.05, 0.1) is 3.57 Å². The van der Waals surface area contributed by atoms with E-state index in [4.69, 9.17) is 0 Å². The Balaban J connectivity index is 2.99. The monoisotopic (exact) mass is 300 g/mol. The van der Waals surface area contributed by atoms with Gasteiger partial charge in [0.15, 0.2) is 0 Å². The standard InChI is InChI=1S/C8H7F2IO2/c1-4-2-5(13-8(9)10)3-6(12)7(4)11/h2-3,8,12H,1H3. The minimum absolute atomic E-state index is 0.0228. The molecule has 0 aliphatic carbocycles. The first-order chi connectivity index (χ1) is 6.00. The first kappa shape index (κ1) is 10.5. The van der Waals surface area contributed by atoms with Crippen LogP contribution in [0.25, 0.3) is 0 Å². The van der Waals surface area contributed by atoms with E-state index in [1.54, 1.807) is 6.92 Å². The number of aromatic hydroxyl groups is 1.